The van der Waals surface area contributed by atoms with Crippen LogP contribution in [-0.2, 0) is 20.7 Å². The molecule has 0 fully saturated rings. The Morgan fingerprint density at radius 1 is 1.17 bits per heavy atom. The van der Waals surface area contributed by atoms with E-state index < -0.39 is 10.9 Å². The molecule has 2 aromatic carbocycles. The van der Waals surface area contributed by atoms with Gasteiger partial charge in [0.15, 0.2) is 5.75 Å². The average molecular weight is 441 g/mol. The lowest BCUT2D eigenvalue weighted by Gasteiger charge is -2.13. The number of nitrogens with one attached hydrogen (secondary N) is 1. The zero-order chi connectivity index (χ0) is 21.7. The second kappa shape index (κ2) is 9.58. The number of ether oxygens (including phenoxy) is 2. The highest BCUT2D eigenvalue weighted by atomic mass is 35.5. The molecule has 0 unspecified atom stereocenters. The molecule has 0 bridgehead atoms. The van der Waals surface area contributed by atoms with Crippen molar-refractivity contribution in [1.29, 1.82) is 0 Å². The molecule has 8 nitrogen and oxygen atoms in total. The minimum Gasteiger partial charge on any atom is -0.469 e. The third-order valence-corrected chi connectivity index (χ3v) is 4.36. The Hall–Kier alpha value is -2.84. The summed E-state index contributed by atoms with van der Waals surface area (Å²) in [5.74, 6) is -0.972. The van der Waals surface area contributed by atoms with Gasteiger partial charge in [0.1, 0.15) is 11.4 Å². The topological polar surface area (TPSA) is 108 Å². The Morgan fingerprint density at radius 3 is 2.31 bits per heavy atom. The van der Waals surface area contributed by atoms with Crippen molar-refractivity contribution in [2.75, 3.05) is 12.4 Å². The number of amides is 1. The molecule has 0 radical (unpaired) electrons. The number of esters is 1. The van der Waals surface area contributed by atoms with Crippen molar-refractivity contribution in [3.05, 3.63) is 56.1 Å². The normalized spacial score (nSPS) is 10.6. The van der Waals surface area contributed by atoms with E-state index >= 15 is 0 Å². The van der Waals surface area contributed by atoms with Crippen LogP contribution in [0.1, 0.15) is 19.4 Å². The molecule has 0 saturated carbocycles. The van der Waals surface area contributed by atoms with Gasteiger partial charge in [-0.25, -0.2) is 0 Å². The molecular weight excluding hydrogens is 423 g/mol. The van der Waals surface area contributed by atoms with Gasteiger partial charge in [0.2, 0.25) is 5.91 Å². The fraction of sp³-hybridized carbons (Fsp3) is 0.263. The summed E-state index contributed by atoms with van der Waals surface area (Å²) in [4.78, 5) is 34.0. The standard InChI is InChI=1S/C19H18Cl2N2O6/c1-10(2)19(25)22-15-5-4-12(9-16(15)23(26)27)29-18-13(20)6-11(7-14(18)21)8-17(24)28-3/h4-7,9-10H,8H2,1-3H3,(H,22,25). The molecule has 0 spiro atoms. The summed E-state index contributed by atoms with van der Waals surface area (Å²) >= 11 is 12.4. The van der Waals surface area contributed by atoms with Crippen LogP contribution in [0.2, 0.25) is 10.0 Å². The van der Waals surface area contributed by atoms with E-state index in [4.69, 9.17) is 27.9 Å². The maximum Gasteiger partial charge on any atom is 0.309 e. The second-order valence-corrected chi connectivity index (χ2v) is 7.14. The second-order valence-electron chi connectivity index (χ2n) is 6.32. The first-order valence-corrected chi connectivity index (χ1v) is 9.19. The van der Waals surface area contributed by atoms with Gasteiger partial charge in [-0.15, -0.1) is 0 Å². The highest BCUT2D eigenvalue weighted by Crippen LogP contribution is 2.39. The summed E-state index contributed by atoms with van der Waals surface area (Å²) in [7, 11) is 1.27. The van der Waals surface area contributed by atoms with E-state index in [9.17, 15) is 19.7 Å². The molecule has 0 saturated heterocycles. The SMILES string of the molecule is COC(=O)Cc1cc(Cl)c(Oc2ccc(NC(=O)C(C)C)c([N+](=O)[O-])c2)c(Cl)c1. The van der Waals surface area contributed by atoms with Gasteiger partial charge < -0.3 is 14.8 Å². The molecule has 0 heterocycles. The Bertz CT molecular complexity index is 939. The third-order valence-electron chi connectivity index (χ3n) is 3.80. The molecular formula is C19H18Cl2N2O6. The Kier molecular flexibility index (Phi) is 7.41. The van der Waals surface area contributed by atoms with Gasteiger partial charge in [-0.1, -0.05) is 37.0 Å². The van der Waals surface area contributed by atoms with Crippen molar-refractivity contribution in [3.8, 4) is 11.5 Å². The van der Waals surface area contributed by atoms with Crippen molar-refractivity contribution >= 4 is 46.5 Å². The summed E-state index contributed by atoms with van der Waals surface area (Å²) in [5, 5.41) is 14.1. The fourth-order valence-corrected chi connectivity index (χ4v) is 2.89. The van der Waals surface area contributed by atoms with E-state index in [1.54, 1.807) is 13.8 Å². The van der Waals surface area contributed by atoms with Crippen LogP contribution in [0.15, 0.2) is 30.3 Å². The minimum absolute atomic E-state index is 0.0219. The number of rotatable bonds is 7. The molecule has 1 amide bonds. The van der Waals surface area contributed by atoms with Crippen LogP contribution in [0.3, 0.4) is 0 Å². The number of nitrogens with zero attached hydrogens (tertiary/aromatic N) is 1. The number of nitro benzene ring substituents is 1. The molecule has 1 N–H and O–H groups in total. The number of benzene rings is 2. The highest BCUT2D eigenvalue weighted by molar-refractivity contribution is 6.37. The van der Waals surface area contributed by atoms with Crippen molar-refractivity contribution in [2.45, 2.75) is 20.3 Å². The van der Waals surface area contributed by atoms with Crippen LogP contribution in [0.4, 0.5) is 11.4 Å². The number of carbonyl (C=O) groups is 2. The van der Waals surface area contributed by atoms with Gasteiger partial charge in [-0.2, -0.15) is 0 Å². The number of hydrogen-bond acceptors (Lipinski definition) is 6. The molecule has 2 aromatic rings. The maximum atomic E-state index is 11.8. The van der Waals surface area contributed by atoms with Gasteiger partial charge in [-0.3, -0.25) is 19.7 Å². The number of halogens is 2. The number of anilines is 1. The highest BCUT2D eigenvalue weighted by Gasteiger charge is 2.20. The lowest BCUT2D eigenvalue weighted by molar-refractivity contribution is -0.384. The molecule has 0 aliphatic heterocycles. The lowest BCUT2D eigenvalue weighted by atomic mass is 10.1. The summed E-state index contributed by atoms with van der Waals surface area (Å²) < 4.78 is 10.2. The van der Waals surface area contributed by atoms with Gasteiger partial charge in [0.05, 0.1) is 34.6 Å². The van der Waals surface area contributed by atoms with E-state index in [2.05, 4.69) is 10.1 Å². The predicted molar refractivity (Wildman–Crippen MR) is 109 cm³/mol. The summed E-state index contributed by atoms with van der Waals surface area (Å²) in [6.07, 6.45) is -0.0219. The molecule has 10 heteroatoms. The Labute approximate surface area is 176 Å². The van der Waals surface area contributed by atoms with Crippen LogP contribution in [0.5, 0.6) is 11.5 Å². The largest absolute Gasteiger partial charge is 0.469 e. The number of methoxy groups -OCH3 is 1. The zero-order valence-electron chi connectivity index (χ0n) is 15.8. The van der Waals surface area contributed by atoms with E-state index in [1.807, 2.05) is 0 Å². The Balaban J connectivity index is 2.32. The van der Waals surface area contributed by atoms with E-state index in [0.717, 1.165) is 6.07 Å². The summed E-state index contributed by atoms with van der Waals surface area (Å²) in [6, 6.07) is 6.95. The van der Waals surface area contributed by atoms with Crippen molar-refractivity contribution in [1.82, 2.24) is 0 Å². The molecule has 154 valence electrons. The fourth-order valence-electron chi connectivity index (χ4n) is 2.28. The predicted octanol–water partition coefficient (Wildman–Crippen LogP) is 5.00. The van der Waals surface area contributed by atoms with Gasteiger partial charge in [-0.05, 0) is 29.8 Å². The van der Waals surface area contributed by atoms with Crippen molar-refractivity contribution in [2.24, 2.45) is 5.92 Å². The van der Waals surface area contributed by atoms with E-state index in [-0.39, 0.29) is 51.2 Å². The van der Waals surface area contributed by atoms with Crippen LogP contribution in [0.25, 0.3) is 0 Å². The van der Waals surface area contributed by atoms with Crippen LogP contribution in [0, 0.1) is 16.0 Å². The minimum atomic E-state index is -0.633. The average Bonchev–Trinajstić information content (AvgIpc) is 2.65. The van der Waals surface area contributed by atoms with E-state index in [1.165, 1.54) is 31.4 Å². The van der Waals surface area contributed by atoms with Gasteiger partial charge >= 0.3 is 5.97 Å². The van der Waals surface area contributed by atoms with Crippen molar-refractivity contribution in [3.63, 3.8) is 0 Å². The van der Waals surface area contributed by atoms with Crippen LogP contribution < -0.4 is 10.1 Å². The quantitative estimate of drug-likeness (QED) is 0.368. The third kappa shape index (κ3) is 5.82. The monoisotopic (exact) mass is 440 g/mol. The molecule has 0 aliphatic rings. The first kappa shape index (κ1) is 22.4. The van der Waals surface area contributed by atoms with Crippen LogP contribution >= 0.6 is 23.2 Å². The molecule has 0 atom stereocenters. The Morgan fingerprint density at radius 2 is 1.79 bits per heavy atom. The van der Waals surface area contributed by atoms with E-state index in [0.29, 0.717) is 5.56 Å². The summed E-state index contributed by atoms with van der Waals surface area (Å²) in [6.45, 7) is 3.35. The van der Waals surface area contributed by atoms with Crippen molar-refractivity contribution < 1.29 is 24.0 Å². The molecule has 29 heavy (non-hydrogen) atoms. The van der Waals surface area contributed by atoms with Gasteiger partial charge in [0.25, 0.3) is 5.69 Å². The summed E-state index contributed by atoms with van der Waals surface area (Å²) in [5.41, 5.74) is 0.231. The molecule has 0 aromatic heterocycles. The smallest absolute Gasteiger partial charge is 0.309 e. The number of hydrogen-bond donors (Lipinski definition) is 1. The van der Waals surface area contributed by atoms with Crippen LogP contribution in [-0.4, -0.2) is 23.9 Å². The number of carbonyl (C=O) groups excluding carboxylic acids is 2. The zero-order valence-corrected chi connectivity index (χ0v) is 17.3. The molecule has 2 rings (SSSR count). The van der Waals surface area contributed by atoms with Gasteiger partial charge in [0, 0.05) is 5.92 Å². The number of nitro groups is 1. The first-order valence-electron chi connectivity index (χ1n) is 8.44. The maximum absolute atomic E-state index is 11.8. The lowest BCUT2D eigenvalue weighted by Crippen LogP contribution is -2.18. The first-order chi connectivity index (χ1) is 13.6. The molecule has 0 aliphatic carbocycles.